The lowest BCUT2D eigenvalue weighted by molar-refractivity contribution is 0.323. The first kappa shape index (κ1) is 13.9. The molecule has 1 aromatic rings. The van der Waals surface area contributed by atoms with E-state index in [1.165, 1.54) is 16.8 Å². The van der Waals surface area contributed by atoms with E-state index >= 15 is 0 Å². The molecule has 1 fully saturated rings. The molecule has 0 aliphatic carbocycles. The third-order valence-corrected chi connectivity index (χ3v) is 3.96. The van der Waals surface area contributed by atoms with Gasteiger partial charge in [0.25, 0.3) is 0 Å². The Balaban J connectivity index is 2.50. The van der Waals surface area contributed by atoms with Crippen LogP contribution in [0.3, 0.4) is 0 Å². The lowest BCUT2D eigenvalue weighted by Crippen LogP contribution is -2.63. The Morgan fingerprint density at radius 1 is 1.37 bits per heavy atom. The molecule has 3 nitrogen and oxygen atoms in total. The summed E-state index contributed by atoms with van der Waals surface area (Å²) in [5, 5.41) is 12.5. The van der Waals surface area contributed by atoms with Crippen molar-refractivity contribution in [2.45, 2.75) is 45.7 Å². The van der Waals surface area contributed by atoms with Gasteiger partial charge in [-0.05, 0) is 38.8 Å². The second-order valence-electron chi connectivity index (χ2n) is 6.07. The van der Waals surface area contributed by atoms with E-state index in [4.69, 9.17) is 5.26 Å². The number of nitrogens with one attached hydrogen (secondary N) is 1. The molecular weight excluding hydrogens is 234 g/mol. The quantitative estimate of drug-likeness (QED) is 0.885. The van der Waals surface area contributed by atoms with Gasteiger partial charge in [-0.25, -0.2) is 0 Å². The van der Waals surface area contributed by atoms with Crippen LogP contribution in [0.2, 0.25) is 0 Å². The first-order chi connectivity index (χ1) is 8.97. The molecule has 1 aromatic carbocycles. The van der Waals surface area contributed by atoms with E-state index in [-0.39, 0.29) is 11.6 Å². The highest BCUT2D eigenvalue weighted by molar-refractivity contribution is 5.62. The van der Waals surface area contributed by atoms with E-state index in [1.807, 2.05) is 0 Å². The molecule has 1 aliphatic rings. The average molecular weight is 257 g/mol. The lowest BCUT2D eigenvalue weighted by Gasteiger charge is -2.50. The van der Waals surface area contributed by atoms with Gasteiger partial charge in [-0.1, -0.05) is 18.2 Å². The Bertz CT molecular complexity index is 479. The van der Waals surface area contributed by atoms with Crippen LogP contribution in [0.15, 0.2) is 18.2 Å². The molecule has 1 N–H and O–H groups in total. The number of anilines is 1. The Hall–Kier alpha value is -1.53. The topological polar surface area (TPSA) is 39.1 Å². The predicted molar refractivity (Wildman–Crippen MR) is 79.4 cm³/mol. The van der Waals surface area contributed by atoms with Crippen molar-refractivity contribution in [1.82, 2.24) is 5.32 Å². The minimum atomic E-state index is 0.0244. The van der Waals surface area contributed by atoms with Crippen molar-refractivity contribution in [2.24, 2.45) is 0 Å². The fourth-order valence-corrected chi connectivity index (χ4v) is 3.16. The Kier molecular flexibility index (Phi) is 3.82. The van der Waals surface area contributed by atoms with Crippen molar-refractivity contribution in [1.29, 1.82) is 5.26 Å². The van der Waals surface area contributed by atoms with Crippen LogP contribution in [0, 0.1) is 25.2 Å². The molecule has 0 amide bonds. The van der Waals surface area contributed by atoms with Gasteiger partial charge >= 0.3 is 0 Å². The number of rotatable bonds is 2. The Morgan fingerprint density at radius 2 is 2.00 bits per heavy atom. The minimum absolute atomic E-state index is 0.0244. The van der Waals surface area contributed by atoms with Crippen LogP contribution < -0.4 is 10.2 Å². The van der Waals surface area contributed by atoms with E-state index in [2.05, 4.69) is 62.2 Å². The maximum atomic E-state index is 9.09. The normalized spacial score (nSPS) is 22.1. The van der Waals surface area contributed by atoms with E-state index in [0.717, 1.165) is 13.1 Å². The maximum absolute atomic E-state index is 9.09. The smallest absolute Gasteiger partial charge is 0.0643 e. The molecule has 2 rings (SSSR count). The van der Waals surface area contributed by atoms with Crippen LogP contribution in [0.25, 0.3) is 0 Å². The first-order valence-electron chi connectivity index (χ1n) is 6.90. The zero-order chi connectivity index (χ0) is 14.0. The van der Waals surface area contributed by atoms with Gasteiger partial charge in [0.15, 0.2) is 0 Å². The largest absolute Gasteiger partial charge is 0.359 e. The SMILES string of the molecule is Cc1cccc(C)c1N1C(CC#N)CNCC1(C)C. The summed E-state index contributed by atoms with van der Waals surface area (Å²) in [5.74, 6) is 0. The molecule has 0 bridgehead atoms. The summed E-state index contributed by atoms with van der Waals surface area (Å²) >= 11 is 0. The summed E-state index contributed by atoms with van der Waals surface area (Å²) in [5.41, 5.74) is 3.90. The van der Waals surface area contributed by atoms with Crippen molar-refractivity contribution in [3.63, 3.8) is 0 Å². The first-order valence-corrected chi connectivity index (χ1v) is 6.90. The third-order valence-electron chi connectivity index (χ3n) is 3.96. The van der Waals surface area contributed by atoms with Crippen molar-refractivity contribution in [2.75, 3.05) is 18.0 Å². The van der Waals surface area contributed by atoms with Crippen molar-refractivity contribution in [3.05, 3.63) is 29.3 Å². The summed E-state index contributed by atoms with van der Waals surface area (Å²) in [4.78, 5) is 2.46. The number of hydrogen-bond acceptors (Lipinski definition) is 3. The van der Waals surface area contributed by atoms with Crippen LogP contribution in [0.1, 0.15) is 31.4 Å². The van der Waals surface area contributed by atoms with Gasteiger partial charge in [0.1, 0.15) is 0 Å². The lowest BCUT2D eigenvalue weighted by atomic mass is 9.91. The molecule has 0 radical (unpaired) electrons. The van der Waals surface area contributed by atoms with Crippen LogP contribution in [-0.2, 0) is 0 Å². The Morgan fingerprint density at radius 3 is 2.58 bits per heavy atom. The number of aryl methyl sites for hydroxylation is 2. The van der Waals surface area contributed by atoms with Crippen molar-refractivity contribution in [3.8, 4) is 6.07 Å². The standard InChI is InChI=1S/C16H23N3/c1-12-6-5-7-13(2)15(12)19-14(8-9-17)10-18-11-16(19,3)4/h5-7,14,18H,8,10-11H2,1-4H3. The zero-order valence-corrected chi connectivity index (χ0v) is 12.3. The van der Waals surface area contributed by atoms with Gasteiger partial charge in [-0.2, -0.15) is 5.26 Å². The summed E-state index contributed by atoms with van der Waals surface area (Å²) < 4.78 is 0. The van der Waals surface area contributed by atoms with Crippen LogP contribution in [0.4, 0.5) is 5.69 Å². The molecule has 1 heterocycles. The summed E-state index contributed by atoms with van der Waals surface area (Å²) in [6, 6.07) is 8.99. The van der Waals surface area contributed by atoms with Gasteiger partial charge in [0.2, 0.25) is 0 Å². The fraction of sp³-hybridized carbons (Fsp3) is 0.562. The number of nitrogens with zero attached hydrogens (tertiary/aromatic N) is 2. The number of hydrogen-bond donors (Lipinski definition) is 1. The minimum Gasteiger partial charge on any atom is -0.359 e. The molecule has 19 heavy (non-hydrogen) atoms. The van der Waals surface area contributed by atoms with Crippen molar-refractivity contribution < 1.29 is 0 Å². The molecule has 0 aromatic heterocycles. The summed E-state index contributed by atoms with van der Waals surface area (Å²) in [6.45, 7) is 10.6. The van der Waals surface area contributed by atoms with E-state index in [0.29, 0.717) is 6.42 Å². The van der Waals surface area contributed by atoms with Gasteiger partial charge in [-0.3, -0.25) is 0 Å². The molecule has 0 saturated carbocycles. The number of para-hydroxylation sites is 1. The molecule has 3 heteroatoms. The predicted octanol–water partition coefficient (Wildman–Crippen LogP) is 2.77. The maximum Gasteiger partial charge on any atom is 0.0643 e. The highest BCUT2D eigenvalue weighted by atomic mass is 15.3. The van der Waals surface area contributed by atoms with Crippen LogP contribution in [0.5, 0.6) is 0 Å². The third kappa shape index (κ3) is 2.59. The fourth-order valence-electron chi connectivity index (χ4n) is 3.16. The number of piperazine rings is 1. The molecule has 0 spiro atoms. The second kappa shape index (κ2) is 5.22. The molecular formula is C16H23N3. The Labute approximate surface area is 116 Å². The van der Waals surface area contributed by atoms with E-state index in [1.54, 1.807) is 0 Å². The summed E-state index contributed by atoms with van der Waals surface area (Å²) in [7, 11) is 0. The van der Waals surface area contributed by atoms with E-state index < -0.39 is 0 Å². The molecule has 1 saturated heterocycles. The summed E-state index contributed by atoms with van der Waals surface area (Å²) in [6.07, 6.45) is 0.560. The van der Waals surface area contributed by atoms with E-state index in [9.17, 15) is 0 Å². The highest BCUT2D eigenvalue weighted by Crippen LogP contribution is 2.34. The van der Waals surface area contributed by atoms with Gasteiger partial charge in [0.05, 0.1) is 18.5 Å². The second-order valence-corrected chi connectivity index (χ2v) is 6.07. The van der Waals surface area contributed by atoms with Gasteiger partial charge in [-0.15, -0.1) is 0 Å². The van der Waals surface area contributed by atoms with Crippen LogP contribution in [-0.4, -0.2) is 24.7 Å². The van der Waals surface area contributed by atoms with Crippen molar-refractivity contribution >= 4 is 5.69 Å². The molecule has 1 atom stereocenters. The number of nitriles is 1. The average Bonchev–Trinajstić information content (AvgIpc) is 2.32. The van der Waals surface area contributed by atoms with Crippen LogP contribution >= 0.6 is 0 Å². The molecule has 1 aliphatic heterocycles. The van der Waals surface area contributed by atoms with Gasteiger partial charge < -0.3 is 10.2 Å². The molecule has 102 valence electrons. The zero-order valence-electron chi connectivity index (χ0n) is 12.3. The molecule has 1 unspecified atom stereocenters. The number of benzene rings is 1. The van der Waals surface area contributed by atoms with Gasteiger partial charge in [0, 0.05) is 24.3 Å². The monoisotopic (exact) mass is 257 g/mol. The highest BCUT2D eigenvalue weighted by Gasteiger charge is 2.37.